The molecule has 1 fully saturated rings. The van der Waals surface area contributed by atoms with Crippen molar-refractivity contribution in [3.63, 3.8) is 0 Å². The van der Waals surface area contributed by atoms with E-state index in [1.54, 1.807) is 18.3 Å². The first-order chi connectivity index (χ1) is 15.6. The number of aromatic nitrogens is 2. The van der Waals surface area contributed by atoms with Gasteiger partial charge in [-0.3, -0.25) is 9.23 Å². The van der Waals surface area contributed by atoms with Crippen molar-refractivity contribution in [3.8, 4) is 0 Å². The molecule has 180 valence electrons. The Kier molecular flexibility index (Phi) is 8.45. The molecule has 7 nitrogen and oxygen atoms in total. The van der Waals surface area contributed by atoms with Crippen LogP contribution in [0.25, 0.3) is 10.9 Å². The van der Waals surface area contributed by atoms with Crippen molar-refractivity contribution in [1.29, 1.82) is 0 Å². The van der Waals surface area contributed by atoms with Gasteiger partial charge in [-0.15, -0.1) is 0 Å². The van der Waals surface area contributed by atoms with Gasteiger partial charge in [-0.1, -0.05) is 19.9 Å². The summed E-state index contributed by atoms with van der Waals surface area (Å²) in [6, 6.07) is 9.34. The first-order valence-electron chi connectivity index (χ1n) is 11.1. The summed E-state index contributed by atoms with van der Waals surface area (Å²) >= 11 is 0. The van der Waals surface area contributed by atoms with E-state index in [1.807, 2.05) is 11.6 Å². The lowest BCUT2D eigenvalue weighted by Crippen LogP contribution is -2.20. The van der Waals surface area contributed by atoms with Crippen LogP contribution in [0, 0.1) is 24.6 Å². The van der Waals surface area contributed by atoms with Gasteiger partial charge in [0.1, 0.15) is 5.82 Å². The zero-order valence-electron chi connectivity index (χ0n) is 19.3. The number of fused-ring (bicyclic) bond motifs is 1. The third-order valence-corrected chi connectivity index (χ3v) is 6.43. The fourth-order valence-corrected chi connectivity index (χ4v) is 4.16. The Bertz CT molecular complexity index is 1170. The maximum atomic E-state index is 12.8. The highest BCUT2D eigenvalue weighted by Crippen LogP contribution is 2.22. The van der Waals surface area contributed by atoms with Gasteiger partial charge in [-0.25, -0.2) is 4.39 Å². The number of aryl methyl sites for hydroxylation is 1. The van der Waals surface area contributed by atoms with E-state index in [0.29, 0.717) is 17.2 Å². The van der Waals surface area contributed by atoms with E-state index in [9.17, 15) is 12.8 Å². The molecule has 0 atom stereocenters. The van der Waals surface area contributed by atoms with Crippen LogP contribution in [0.4, 0.5) is 10.1 Å². The minimum atomic E-state index is -4.17. The number of hydrogen-bond acceptors (Lipinski definition) is 5. The molecule has 3 aromatic rings. The number of anilines is 1. The van der Waals surface area contributed by atoms with E-state index in [0.717, 1.165) is 55.9 Å². The molecule has 0 saturated carbocycles. The van der Waals surface area contributed by atoms with Crippen LogP contribution >= 0.6 is 0 Å². The molecule has 0 bridgehead atoms. The molecule has 1 aliphatic heterocycles. The molecule has 2 N–H and O–H groups in total. The SMILES string of the molecule is Cc1ccc(F)cc1NCC(C)C.O=S(=O)(O)c1ccc2c(cnn2CC2CCOCC2)c1. The summed E-state index contributed by atoms with van der Waals surface area (Å²) in [5, 5.41) is 8.24. The van der Waals surface area contributed by atoms with Crippen molar-refractivity contribution in [1.82, 2.24) is 9.78 Å². The topological polar surface area (TPSA) is 93.5 Å². The molecular weight excluding hydrogens is 445 g/mol. The van der Waals surface area contributed by atoms with Crippen molar-refractivity contribution in [3.05, 3.63) is 54.0 Å². The third-order valence-electron chi connectivity index (χ3n) is 5.58. The van der Waals surface area contributed by atoms with Gasteiger partial charge in [-0.2, -0.15) is 13.5 Å². The molecule has 1 aromatic heterocycles. The Hall–Kier alpha value is -2.49. The number of benzene rings is 2. The number of nitrogens with one attached hydrogen (secondary N) is 1. The first-order valence-corrected chi connectivity index (χ1v) is 12.6. The van der Waals surface area contributed by atoms with Crippen LogP contribution in [-0.4, -0.2) is 42.5 Å². The fraction of sp³-hybridized carbons (Fsp3) is 0.458. The lowest BCUT2D eigenvalue weighted by Gasteiger charge is -2.22. The molecule has 0 radical (unpaired) electrons. The van der Waals surface area contributed by atoms with Crippen molar-refractivity contribution >= 4 is 26.7 Å². The lowest BCUT2D eigenvalue weighted by molar-refractivity contribution is 0.0605. The highest BCUT2D eigenvalue weighted by atomic mass is 32.2. The van der Waals surface area contributed by atoms with Crippen LogP contribution in [0.5, 0.6) is 0 Å². The average molecular weight is 478 g/mol. The molecular formula is C24H32FN3O4S. The third kappa shape index (κ3) is 7.25. The molecule has 0 spiro atoms. The number of rotatable bonds is 6. The standard InChI is InChI=1S/C13H16N2O4S.C11H16FN/c16-20(17,18)12-1-2-13-11(7-12)8-14-15(13)9-10-3-5-19-6-4-10;1-8(2)7-13-11-6-10(12)5-4-9(11)3/h1-2,7-8,10H,3-6,9H2,(H,16,17,18);4-6,8,13H,7H2,1-3H3. The first kappa shape index (κ1) is 25.1. The maximum Gasteiger partial charge on any atom is 0.294 e. The molecule has 0 amide bonds. The second-order valence-corrected chi connectivity index (χ2v) is 10.2. The van der Waals surface area contributed by atoms with Gasteiger partial charge in [0.05, 0.1) is 16.6 Å². The number of halogens is 1. The molecule has 1 saturated heterocycles. The van der Waals surface area contributed by atoms with Gasteiger partial charge in [0.25, 0.3) is 10.1 Å². The molecule has 4 rings (SSSR count). The van der Waals surface area contributed by atoms with Crippen molar-refractivity contribution < 1.29 is 22.1 Å². The summed E-state index contributed by atoms with van der Waals surface area (Å²) in [7, 11) is -4.17. The zero-order chi connectivity index (χ0) is 24.0. The Morgan fingerprint density at radius 3 is 2.61 bits per heavy atom. The summed E-state index contributed by atoms with van der Waals surface area (Å²) < 4.78 is 51.3. The highest BCUT2D eigenvalue weighted by Gasteiger charge is 2.17. The van der Waals surface area contributed by atoms with Gasteiger partial charge in [0.2, 0.25) is 0 Å². The molecule has 2 heterocycles. The normalized spacial score (nSPS) is 14.8. The van der Waals surface area contributed by atoms with Gasteiger partial charge >= 0.3 is 0 Å². The predicted molar refractivity (Wildman–Crippen MR) is 128 cm³/mol. The second kappa shape index (κ2) is 11.1. The van der Waals surface area contributed by atoms with E-state index < -0.39 is 10.1 Å². The Labute approximate surface area is 194 Å². The Morgan fingerprint density at radius 2 is 1.94 bits per heavy atom. The molecule has 2 aromatic carbocycles. The largest absolute Gasteiger partial charge is 0.384 e. The fourth-order valence-electron chi connectivity index (χ4n) is 3.64. The highest BCUT2D eigenvalue weighted by molar-refractivity contribution is 7.85. The molecule has 1 aliphatic rings. The van der Waals surface area contributed by atoms with E-state index in [1.165, 1.54) is 24.3 Å². The van der Waals surface area contributed by atoms with Crippen LogP contribution in [0.15, 0.2) is 47.5 Å². The van der Waals surface area contributed by atoms with Crippen LogP contribution in [0.3, 0.4) is 0 Å². The summed E-state index contributed by atoms with van der Waals surface area (Å²) in [6.45, 7) is 9.49. The Morgan fingerprint density at radius 1 is 1.21 bits per heavy atom. The van der Waals surface area contributed by atoms with Gasteiger partial charge in [-0.05, 0) is 67.5 Å². The van der Waals surface area contributed by atoms with Crippen LogP contribution < -0.4 is 5.32 Å². The smallest absolute Gasteiger partial charge is 0.294 e. The number of nitrogens with zero attached hydrogens (tertiary/aromatic N) is 2. The molecule has 33 heavy (non-hydrogen) atoms. The van der Waals surface area contributed by atoms with Gasteiger partial charge < -0.3 is 10.1 Å². The summed E-state index contributed by atoms with van der Waals surface area (Å²) in [6.07, 6.45) is 3.66. The van der Waals surface area contributed by atoms with E-state index >= 15 is 0 Å². The van der Waals surface area contributed by atoms with Gasteiger partial charge in [0.15, 0.2) is 0 Å². The van der Waals surface area contributed by atoms with E-state index in [-0.39, 0.29) is 10.7 Å². The lowest BCUT2D eigenvalue weighted by atomic mass is 10.0. The molecule has 0 unspecified atom stereocenters. The van der Waals surface area contributed by atoms with E-state index in [4.69, 9.17) is 9.29 Å². The van der Waals surface area contributed by atoms with Crippen molar-refractivity contribution in [2.75, 3.05) is 25.1 Å². The summed E-state index contributed by atoms with van der Waals surface area (Å²) in [5.41, 5.74) is 2.86. The number of hydrogen-bond donors (Lipinski definition) is 2. The number of ether oxygens (including phenoxy) is 1. The quantitative estimate of drug-likeness (QED) is 0.490. The molecule has 0 aliphatic carbocycles. The van der Waals surface area contributed by atoms with E-state index in [2.05, 4.69) is 24.3 Å². The van der Waals surface area contributed by atoms with Crippen LogP contribution in [0.1, 0.15) is 32.3 Å². The summed E-state index contributed by atoms with van der Waals surface area (Å²) in [5.74, 6) is 0.924. The predicted octanol–water partition coefficient (Wildman–Crippen LogP) is 4.91. The minimum absolute atomic E-state index is 0.101. The average Bonchev–Trinajstić information content (AvgIpc) is 3.17. The Balaban J connectivity index is 0.000000205. The molecule has 9 heteroatoms. The van der Waals surface area contributed by atoms with Gasteiger partial charge in [0, 0.05) is 37.4 Å². The second-order valence-electron chi connectivity index (χ2n) is 8.81. The summed E-state index contributed by atoms with van der Waals surface area (Å²) in [4.78, 5) is -0.101. The van der Waals surface area contributed by atoms with Crippen LogP contribution in [-0.2, 0) is 21.4 Å². The van der Waals surface area contributed by atoms with Crippen molar-refractivity contribution in [2.45, 2.75) is 45.1 Å². The van der Waals surface area contributed by atoms with Crippen LogP contribution in [0.2, 0.25) is 0 Å². The minimum Gasteiger partial charge on any atom is -0.384 e. The maximum absolute atomic E-state index is 12.8. The van der Waals surface area contributed by atoms with Crippen molar-refractivity contribution in [2.24, 2.45) is 11.8 Å². The monoisotopic (exact) mass is 477 g/mol. The zero-order valence-corrected chi connectivity index (χ0v) is 20.1.